The maximum absolute atomic E-state index is 15.9. The molecule has 7 heteroatoms. The summed E-state index contributed by atoms with van der Waals surface area (Å²) in [4.78, 5) is 18.6. The molecule has 1 atom stereocenters. The molecule has 36 heavy (non-hydrogen) atoms. The summed E-state index contributed by atoms with van der Waals surface area (Å²) in [7, 11) is 1.56. The number of fused-ring (bicyclic) bond motifs is 1. The quantitative estimate of drug-likeness (QED) is 0.391. The zero-order chi connectivity index (χ0) is 25.5. The molecule has 0 radical (unpaired) electrons. The second-order valence-electron chi connectivity index (χ2n) is 10.9. The molecule has 1 aromatic carbocycles. The third-order valence-electron chi connectivity index (χ3n) is 8.63. The van der Waals surface area contributed by atoms with Gasteiger partial charge in [0.05, 0.1) is 25.7 Å². The molecule has 0 bridgehead atoms. The molecule has 2 fully saturated rings. The van der Waals surface area contributed by atoms with Gasteiger partial charge in [0.15, 0.2) is 0 Å². The number of alkyl halides is 1. The number of benzene rings is 1. The van der Waals surface area contributed by atoms with E-state index in [0.717, 1.165) is 38.4 Å². The molecule has 4 rings (SSSR count). The third kappa shape index (κ3) is 6.54. The van der Waals surface area contributed by atoms with Crippen LogP contribution < -0.4 is 4.74 Å². The highest BCUT2D eigenvalue weighted by atomic mass is 19.1. The second-order valence-corrected chi connectivity index (χ2v) is 10.9. The van der Waals surface area contributed by atoms with Crippen molar-refractivity contribution in [2.75, 3.05) is 26.7 Å². The lowest BCUT2D eigenvalue weighted by Crippen LogP contribution is -2.42. The summed E-state index contributed by atoms with van der Waals surface area (Å²) in [5.74, 6) is 0.637. The van der Waals surface area contributed by atoms with Crippen molar-refractivity contribution in [1.29, 1.82) is 0 Å². The Hall–Kier alpha value is -2.25. The van der Waals surface area contributed by atoms with Crippen LogP contribution in [0.3, 0.4) is 0 Å². The standard InChI is InChI=1S/C29H41FN2O4/c1-36-23-7-8-26-24(17-23)28(22(20-33)19-31-26)25(30)9-11-29(18-27(34)35)12-15-32(16-13-29)14-10-21-5-3-2-4-6-21/h7-8,17,19,21,25,33H,2-6,9-16,18,20H2,1H3,(H,34,35)/t25-/m0/s1. The smallest absolute Gasteiger partial charge is 0.303 e. The molecule has 1 aromatic heterocycles. The summed E-state index contributed by atoms with van der Waals surface area (Å²) >= 11 is 0. The first kappa shape index (κ1) is 26.8. The topological polar surface area (TPSA) is 82.9 Å². The highest BCUT2D eigenvalue weighted by Crippen LogP contribution is 2.43. The minimum Gasteiger partial charge on any atom is -0.497 e. The summed E-state index contributed by atoms with van der Waals surface area (Å²) < 4.78 is 21.2. The van der Waals surface area contributed by atoms with E-state index in [1.54, 1.807) is 25.3 Å². The zero-order valence-corrected chi connectivity index (χ0v) is 21.6. The van der Waals surface area contributed by atoms with E-state index in [1.165, 1.54) is 44.7 Å². The highest BCUT2D eigenvalue weighted by molar-refractivity contribution is 5.85. The Kier molecular flexibility index (Phi) is 9.18. The van der Waals surface area contributed by atoms with Crippen LogP contribution in [0.2, 0.25) is 0 Å². The number of aromatic nitrogens is 1. The van der Waals surface area contributed by atoms with Crippen molar-refractivity contribution in [1.82, 2.24) is 9.88 Å². The number of methoxy groups -OCH3 is 1. The molecule has 0 unspecified atom stereocenters. The minimum absolute atomic E-state index is 0.0773. The molecule has 2 N–H and O–H groups in total. The molecular formula is C29H41FN2O4. The van der Waals surface area contributed by atoms with Crippen molar-refractivity contribution in [3.05, 3.63) is 35.5 Å². The molecule has 1 aliphatic heterocycles. The average molecular weight is 501 g/mol. The van der Waals surface area contributed by atoms with Crippen molar-refractivity contribution in [2.45, 2.75) is 83.4 Å². The Bertz CT molecular complexity index is 1010. The van der Waals surface area contributed by atoms with Gasteiger partial charge in [0.2, 0.25) is 0 Å². The van der Waals surface area contributed by atoms with E-state index >= 15 is 4.39 Å². The van der Waals surface area contributed by atoms with Crippen LogP contribution >= 0.6 is 0 Å². The van der Waals surface area contributed by atoms with Gasteiger partial charge in [-0.15, -0.1) is 0 Å². The Balaban J connectivity index is 1.43. The van der Waals surface area contributed by atoms with Gasteiger partial charge in [0.25, 0.3) is 0 Å². The fourth-order valence-corrected chi connectivity index (χ4v) is 6.36. The second kappa shape index (κ2) is 12.3. The van der Waals surface area contributed by atoms with Crippen LogP contribution in [0, 0.1) is 11.3 Å². The molecule has 1 saturated heterocycles. The van der Waals surface area contributed by atoms with Gasteiger partial charge in [0.1, 0.15) is 11.9 Å². The number of piperidine rings is 1. The van der Waals surface area contributed by atoms with E-state index in [9.17, 15) is 15.0 Å². The molecule has 1 aliphatic carbocycles. The van der Waals surface area contributed by atoms with Gasteiger partial charge >= 0.3 is 5.97 Å². The third-order valence-corrected chi connectivity index (χ3v) is 8.63. The van der Waals surface area contributed by atoms with E-state index in [4.69, 9.17) is 4.74 Å². The largest absolute Gasteiger partial charge is 0.497 e. The summed E-state index contributed by atoms with van der Waals surface area (Å²) in [6, 6.07) is 5.34. The van der Waals surface area contributed by atoms with Crippen molar-refractivity contribution < 1.29 is 24.1 Å². The molecule has 198 valence electrons. The van der Waals surface area contributed by atoms with E-state index in [2.05, 4.69) is 9.88 Å². The molecule has 1 saturated carbocycles. The maximum Gasteiger partial charge on any atom is 0.303 e. The van der Waals surface area contributed by atoms with Gasteiger partial charge in [-0.25, -0.2) is 4.39 Å². The number of rotatable bonds is 11. The SMILES string of the molecule is COc1ccc2ncc(CO)c([C@@H](F)CCC3(CC(=O)O)CCN(CCC4CCCCC4)CC3)c2c1. The Labute approximate surface area is 213 Å². The van der Waals surface area contributed by atoms with Gasteiger partial charge in [0, 0.05) is 22.7 Å². The number of carboxylic acid groups (broad SMARTS) is 1. The van der Waals surface area contributed by atoms with Crippen LogP contribution in [0.25, 0.3) is 10.9 Å². The van der Waals surface area contributed by atoms with Crippen molar-refractivity contribution in [3.8, 4) is 5.75 Å². The number of aliphatic hydroxyl groups excluding tert-OH is 1. The Morgan fingerprint density at radius 3 is 2.67 bits per heavy atom. The van der Waals surface area contributed by atoms with Crippen LogP contribution in [0.4, 0.5) is 4.39 Å². The molecule has 6 nitrogen and oxygen atoms in total. The lowest BCUT2D eigenvalue weighted by molar-refractivity contribution is -0.141. The number of hydrogen-bond acceptors (Lipinski definition) is 5. The summed E-state index contributed by atoms with van der Waals surface area (Å²) in [5.41, 5.74) is 1.17. The van der Waals surface area contributed by atoms with E-state index < -0.39 is 17.6 Å². The summed E-state index contributed by atoms with van der Waals surface area (Å²) in [6.07, 6.45) is 10.6. The van der Waals surface area contributed by atoms with Crippen molar-refractivity contribution in [2.24, 2.45) is 11.3 Å². The number of aliphatic hydroxyl groups is 1. The van der Waals surface area contributed by atoms with Crippen molar-refractivity contribution in [3.63, 3.8) is 0 Å². The number of halogens is 1. The Morgan fingerprint density at radius 2 is 2.00 bits per heavy atom. The number of pyridine rings is 1. The molecule has 2 heterocycles. The highest BCUT2D eigenvalue weighted by Gasteiger charge is 2.37. The van der Waals surface area contributed by atoms with Crippen LogP contribution in [0.1, 0.15) is 87.9 Å². The van der Waals surface area contributed by atoms with Crippen LogP contribution in [-0.2, 0) is 11.4 Å². The summed E-state index contributed by atoms with van der Waals surface area (Å²) in [6.45, 7) is 2.55. The Morgan fingerprint density at radius 1 is 1.25 bits per heavy atom. The first-order valence-corrected chi connectivity index (χ1v) is 13.6. The summed E-state index contributed by atoms with van der Waals surface area (Å²) in [5, 5.41) is 20.2. The number of nitrogens with zero attached hydrogens (tertiary/aromatic N) is 2. The van der Waals surface area contributed by atoms with Gasteiger partial charge < -0.3 is 19.8 Å². The van der Waals surface area contributed by atoms with Gasteiger partial charge in [-0.3, -0.25) is 9.78 Å². The maximum atomic E-state index is 15.9. The number of carbonyl (C=O) groups is 1. The lowest BCUT2D eigenvalue weighted by Gasteiger charge is -2.42. The molecule has 0 amide bonds. The van der Waals surface area contributed by atoms with Crippen LogP contribution in [0.15, 0.2) is 24.4 Å². The number of hydrogen-bond donors (Lipinski definition) is 2. The van der Waals surface area contributed by atoms with E-state index in [-0.39, 0.29) is 19.4 Å². The van der Waals surface area contributed by atoms with Gasteiger partial charge in [-0.2, -0.15) is 0 Å². The molecule has 0 spiro atoms. The number of aliphatic carboxylic acids is 1. The first-order valence-electron chi connectivity index (χ1n) is 13.6. The molecule has 2 aromatic rings. The first-order chi connectivity index (χ1) is 17.4. The number of ether oxygens (including phenoxy) is 1. The molecule has 2 aliphatic rings. The normalized spacial score (nSPS) is 19.9. The number of carboxylic acids is 1. The zero-order valence-electron chi connectivity index (χ0n) is 21.6. The fourth-order valence-electron chi connectivity index (χ4n) is 6.36. The van der Waals surface area contributed by atoms with Crippen LogP contribution in [0.5, 0.6) is 5.75 Å². The number of likely N-dealkylation sites (tertiary alicyclic amines) is 1. The predicted molar refractivity (Wildman–Crippen MR) is 139 cm³/mol. The van der Waals surface area contributed by atoms with E-state index in [0.29, 0.717) is 34.2 Å². The monoisotopic (exact) mass is 500 g/mol. The van der Waals surface area contributed by atoms with Crippen molar-refractivity contribution >= 4 is 16.9 Å². The fraction of sp³-hybridized carbons (Fsp3) is 0.655. The van der Waals surface area contributed by atoms with Gasteiger partial charge in [-0.1, -0.05) is 32.1 Å². The van der Waals surface area contributed by atoms with E-state index in [1.807, 2.05) is 0 Å². The van der Waals surface area contributed by atoms with Crippen LogP contribution in [-0.4, -0.2) is 52.8 Å². The average Bonchev–Trinajstić information content (AvgIpc) is 2.90. The van der Waals surface area contributed by atoms with Gasteiger partial charge in [-0.05, 0) is 81.3 Å². The minimum atomic E-state index is -1.32. The lowest BCUT2D eigenvalue weighted by atomic mass is 9.71. The predicted octanol–water partition coefficient (Wildman–Crippen LogP) is 6.05. The molecular weight excluding hydrogens is 459 g/mol.